The lowest BCUT2D eigenvalue weighted by atomic mass is 10.1. The molecule has 2 aliphatic rings. The van der Waals surface area contributed by atoms with E-state index in [2.05, 4.69) is 0 Å². The molecule has 1 fully saturated rings. The fourth-order valence-electron chi connectivity index (χ4n) is 4.48. The number of amides is 4. The third-order valence-corrected chi connectivity index (χ3v) is 6.51. The van der Waals surface area contributed by atoms with Crippen LogP contribution in [0.1, 0.15) is 48.6 Å². The summed E-state index contributed by atoms with van der Waals surface area (Å²) in [6, 6.07) is 13.9. The number of rotatable bonds is 7. The summed E-state index contributed by atoms with van der Waals surface area (Å²) < 4.78 is 15.7. The lowest BCUT2D eigenvalue weighted by Gasteiger charge is -2.34. The number of nitrogens with zero attached hydrogens (tertiary/aromatic N) is 3. The second kappa shape index (κ2) is 10.8. The fourth-order valence-corrected chi connectivity index (χ4v) is 4.48. The lowest BCUT2D eigenvalue weighted by Crippen LogP contribution is -2.51. The van der Waals surface area contributed by atoms with Gasteiger partial charge < -0.3 is 23.7 Å². The molecular formula is C28H25N3O8. The normalized spacial score (nSPS) is 14.8. The van der Waals surface area contributed by atoms with Crippen molar-refractivity contribution in [1.29, 1.82) is 0 Å². The van der Waals surface area contributed by atoms with E-state index in [4.69, 9.17) is 13.9 Å². The van der Waals surface area contributed by atoms with Crippen LogP contribution in [-0.2, 0) is 9.53 Å². The number of imide groups is 1. The van der Waals surface area contributed by atoms with Crippen LogP contribution >= 0.6 is 0 Å². The van der Waals surface area contributed by atoms with Crippen molar-refractivity contribution in [2.75, 3.05) is 44.3 Å². The molecule has 200 valence electrons. The molecule has 3 heterocycles. The maximum atomic E-state index is 13.0. The minimum absolute atomic E-state index is 0.0464. The number of benzene rings is 2. The molecule has 4 amide bonds. The highest BCUT2D eigenvalue weighted by molar-refractivity contribution is 6.34. The molecule has 0 spiro atoms. The third-order valence-electron chi connectivity index (χ3n) is 6.51. The number of anilines is 1. The molecule has 2 aromatic carbocycles. The molecule has 3 aromatic rings. The summed E-state index contributed by atoms with van der Waals surface area (Å²) in [5, 5.41) is 0. The van der Waals surface area contributed by atoms with Gasteiger partial charge in [0.25, 0.3) is 23.6 Å². The number of carbonyl (C=O) groups excluding carboxylic acids is 5. The molecule has 0 aliphatic carbocycles. The second-order valence-corrected chi connectivity index (χ2v) is 8.86. The van der Waals surface area contributed by atoms with Gasteiger partial charge in [0.15, 0.2) is 12.4 Å². The van der Waals surface area contributed by atoms with Gasteiger partial charge in [-0.1, -0.05) is 0 Å². The molecule has 1 aromatic heterocycles. The Labute approximate surface area is 223 Å². The first-order valence-electron chi connectivity index (χ1n) is 12.4. The SMILES string of the molecule is CCOc1ccc(N2C(=O)c3ccc(C(=O)OCC(=O)N4CCN(C(=O)c5ccco5)CC4)cc3C2=O)cc1. The van der Waals surface area contributed by atoms with E-state index >= 15 is 0 Å². The number of hydrogen-bond donors (Lipinski definition) is 0. The van der Waals surface area contributed by atoms with Gasteiger partial charge in [0, 0.05) is 26.2 Å². The number of fused-ring (bicyclic) bond motifs is 1. The largest absolute Gasteiger partial charge is 0.494 e. The molecule has 5 rings (SSSR count). The smallest absolute Gasteiger partial charge is 0.338 e. The summed E-state index contributed by atoms with van der Waals surface area (Å²) in [4.78, 5) is 67.7. The Morgan fingerprint density at radius 1 is 0.872 bits per heavy atom. The zero-order valence-corrected chi connectivity index (χ0v) is 21.1. The number of esters is 1. The van der Waals surface area contributed by atoms with E-state index in [0.29, 0.717) is 44.2 Å². The minimum atomic E-state index is -0.794. The highest BCUT2D eigenvalue weighted by atomic mass is 16.5. The Balaban J connectivity index is 1.17. The van der Waals surface area contributed by atoms with E-state index in [9.17, 15) is 24.0 Å². The summed E-state index contributed by atoms with van der Waals surface area (Å²) >= 11 is 0. The number of piperazine rings is 1. The first-order chi connectivity index (χ1) is 18.9. The highest BCUT2D eigenvalue weighted by Gasteiger charge is 2.37. The highest BCUT2D eigenvalue weighted by Crippen LogP contribution is 2.30. The van der Waals surface area contributed by atoms with Gasteiger partial charge >= 0.3 is 5.97 Å². The maximum absolute atomic E-state index is 13.0. The molecule has 0 bridgehead atoms. The average molecular weight is 532 g/mol. The summed E-state index contributed by atoms with van der Waals surface area (Å²) in [5.74, 6) is -1.65. The van der Waals surface area contributed by atoms with Crippen LogP contribution in [0, 0.1) is 0 Å². The van der Waals surface area contributed by atoms with Crippen molar-refractivity contribution in [3.05, 3.63) is 83.3 Å². The van der Waals surface area contributed by atoms with Gasteiger partial charge in [-0.2, -0.15) is 0 Å². The number of carbonyl (C=O) groups is 5. The van der Waals surface area contributed by atoms with Crippen LogP contribution in [0.3, 0.4) is 0 Å². The summed E-state index contributed by atoms with van der Waals surface area (Å²) in [6.45, 7) is 3.08. The average Bonchev–Trinajstić information content (AvgIpc) is 3.59. The molecule has 0 unspecified atom stereocenters. The van der Waals surface area contributed by atoms with Crippen LogP contribution in [0.15, 0.2) is 65.3 Å². The Bertz CT molecular complexity index is 1420. The fraction of sp³-hybridized carbons (Fsp3) is 0.250. The zero-order valence-electron chi connectivity index (χ0n) is 21.1. The van der Waals surface area contributed by atoms with Crippen molar-refractivity contribution >= 4 is 35.3 Å². The Hall–Kier alpha value is -4.93. The summed E-state index contributed by atoms with van der Waals surface area (Å²) in [7, 11) is 0. The monoisotopic (exact) mass is 531 g/mol. The Morgan fingerprint density at radius 3 is 2.23 bits per heavy atom. The van der Waals surface area contributed by atoms with Gasteiger partial charge in [0.1, 0.15) is 5.75 Å². The molecule has 39 heavy (non-hydrogen) atoms. The standard InChI is InChI=1S/C28H25N3O8/c1-2-37-20-8-6-19(7-9-20)31-25(33)21-10-5-18(16-22(21)26(31)34)28(36)39-17-24(32)29-11-13-30(14-12-29)27(35)23-4-3-15-38-23/h3-10,15-16H,2,11-14,17H2,1H3. The molecule has 0 saturated carbocycles. The first-order valence-corrected chi connectivity index (χ1v) is 12.4. The predicted molar refractivity (Wildman–Crippen MR) is 137 cm³/mol. The molecule has 0 atom stereocenters. The van der Waals surface area contributed by atoms with Gasteiger partial charge in [-0.25, -0.2) is 9.69 Å². The van der Waals surface area contributed by atoms with E-state index in [1.807, 2.05) is 6.92 Å². The van der Waals surface area contributed by atoms with Gasteiger partial charge in [-0.05, 0) is 61.5 Å². The van der Waals surface area contributed by atoms with Crippen LogP contribution in [0.2, 0.25) is 0 Å². The van der Waals surface area contributed by atoms with Crippen molar-refractivity contribution in [1.82, 2.24) is 9.80 Å². The first kappa shape index (κ1) is 25.7. The predicted octanol–water partition coefficient (Wildman–Crippen LogP) is 2.62. The number of ether oxygens (including phenoxy) is 2. The number of hydrogen-bond acceptors (Lipinski definition) is 8. The molecule has 11 nitrogen and oxygen atoms in total. The van der Waals surface area contributed by atoms with Crippen molar-refractivity contribution < 1.29 is 37.9 Å². The van der Waals surface area contributed by atoms with Crippen molar-refractivity contribution in [3.63, 3.8) is 0 Å². The van der Waals surface area contributed by atoms with E-state index in [0.717, 1.165) is 4.90 Å². The van der Waals surface area contributed by atoms with E-state index in [1.165, 1.54) is 29.4 Å². The molecule has 1 saturated heterocycles. The number of furan rings is 1. The maximum Gasteiger partial charge on any atom is 0.338 e. The van der Waals surface area contributed by atoms with E-state index in [1.54, 1.807) is 41.3 Å². The molecule has 11 heteroatoms. The molecule has 0 N–H and O–H groups in total. The second-order valence-electron chi connectivity index (χ2n) is 8.86. The molecular weight excluding hydrogens is 506 g/mol. The lowest BCUT2D eigenvalue weighted by molar-refractivity contribution is -0.136. The van der Waals surface area contributed by atoms with Crippen LogP contribution in [-0.4, -0.2) is 78.8 Å². The molecule has 0 radical (unpaired) electrons. The van der Waals surface area contributed by atoms with Crippen LogP contribution < -0.4 is 9.64 Å². The zero-order chi connectivity index (χ0) is 27.5. The van der Waals surface area contributed by atoms with Crippen LogP contribution in [0.5, 0.6) is 5.75 Å². The molecule has 2 aliphatic heterocycles. The van der Waals surface area contributed by atoms with Crippen LogP contribution in [0.25, 0.3) is 0 Å². The van der Waals surface area contributed by atoms with Crippen molar-refractivity contribution in [2.24, 2.45) is 0 Å². The summed E-state index contributed by atoms with van der Waals surface area (Å²) in [5.41, 5.74) is 0.672. The third kappa shape index (κ3) is 5.11. The topological polar surface area (TPSA) is 127 Å². The Kier molecular flexibility index (Phi) is 7.13. The van der Waals surface area contributed by atoms with E-state index in [-0.39, 0.29) is 28.4 Å². The van der Waals surface area contributed by atoms with Gasteiger partial charge in [0.2, 0.25) is 0 Å². The summed E-state index contributed by atoms with van der Waals surface area (Å²) in [6.07, 6.45) is 1.42. The van der Waals surface area contributed by atoms with Gasteiger partial charge in [-0.15, -0.1) is 0 Å². The van der Waals surface area contributed by atoms with Gasteiger partial charge in [-0.3, -0.25) is 19.2 Å². The van der Waals surface area contributed by atoms with Crippen LogP contribution in [0.4, 0.5) is 5.69 Å². The Morgan fingerprint density at radius 2 is 1.56 bits per heavy atom. The quantitative estimate of drug-likeness (QED) is 0.336. The van der Waals surface area contributed by atoms with Crippen molar-refractivity contribution in [3.8, 4) is 5.75 Å². The van der Waals surface area contributed by atoms with Gasteiger partial charge in [0.05, 0.1) is 35.2 Å². The van der Waals surface area contributed by atoms with Crippen molar-refractivity contribution in [2.45, 2.75) is 6.92 Å². The minimum Gasteiger partial charge on any atom is -0.494 e. The van der Waals surface area contributed by atoms with E-state index < -0.39 is 30.3 Å².